The van der Waals surface area contributed by atoms with Crippen molar-refractivity contribution in [1.82, 2.24) is 19.9 Å². The normalized spacial score (nSPS) is 14.3. The van der Waals surface area contributed by atoms with Crippen molar-refractivity contribution in [2.24, 2.45) is 0 Å². The second-order valence-electron chi connectivity index (χ2n) is 8.39. The zero-order valence-corrected chi connectivity index (χ0v) is 19.8. The molecule has 0 unspecified atom stereocenters. The summed E-state index contributed by atoms with van der Waals surface area (Å²) in [5.41, 5.74) is 9.88. The first-order valence-electron chi connectivity index (χ1n) is 11.6. The molecule has 0 spiro atoms. The number of rotatable bonds is 7. The van der Waals surface area contributed by atoms with Crippen LogP contribution in [0.15, 0.2) is 42.5 Å². The van der Waals surface area contributed by atoms with Crippen LogP contribution >= 0.6 is 0 Å². The van der Waals surface area contributed by atoms with Gasteiger partial charge >= 0.3 is 0 Å². The number of hydrogen-bond acceptors (Lipinski definition) is 7. The first-order valence-corrected chi connectivity index (χ1v) is 11.6. The number of carbonyl (C=O) groups excluding carboxylic acids is 1. The van der Waals surface area contributed by atoms with Gasteiger partial charge < -0.3 is 30.2 Å². The number of anilines is 1. The minimum atomic E-state index is -0.282. The number of quaternary nitrogens is 1. The van der Waals surface area contributed by atoms with Crippen molar-refractivity contribution < 1.29 is 23.9 Å². The summed E-state index contributed by atoms with van der Waals surface area (Å²) in [6, 6.07) is 12.9. The maximum atomic E-state index is 13.4. The number of carbonyl (C=O) groups is 1. The lowest BCUT2D eigenvalue weighted by Gasteiger charge is -2.23. The Kier molecular flexibility index (Phi) is 6.39. The third-order valence-electron chi connectivity index (χ3n) is 6.32. The van der Waals surface area contributed by atoms with Gasteiger partial charge in [0, 0.05) is 6.07 Å². The predicted molar refractivity (Wildman–Crippen MR) is 133 cm³/mol. The summed E-state index contributed by atoms with van der Waals surface area (Å²) in [5, 5.41) is 3.03. The molecule has 0 aliphatic carbocycles. The Morgan fingerprint density at radius 1 is 1.11 bits per heavy atom. The molecule has 4 N–H and O–H groups in total. The van der Waals surface area contributed by atoms with Crippen LogP contribution in [0, 0.1) is 0 Å². The second kappa shape index (κ2) is 9.77. The van der Waals surface area contributed by atoms with E-state index in [0.29, 0.717) is 51.5 Å². The van der Waals surface area contributed by atoms with Crippen LogP contribution in [0.5, 0.6) is 11.5 Å². The summed E-state index contributed by atoms with van der Waals surface area (Å²) in [5.74, 6) is 1.14. The lowest BCUT2D eigenvalue weighted by Crippen LogP contribution is -3.14. The van der Waals surface area contributed by atoms with Crippen LogP contribution in [0.3, 0.4) is 0 Å². The number of nitrogens with two attached hydrogens (primary N) is 1. The monoisotopic (exact) mass is 477 g/mol. The number of morpholine rings is 1. The molecule has 10 heteroatoms. The van der Waals surface area contributed by atoms with Gasteiger partial charge in [0.2, 0.25) is 0 Å². The van der Waals surface area contributed by atoms with E-state index < -0.39 is 0 Å². The highest BCUT2D eigenvalue weighted by atomic mass is 16.5. The zero-order chi connectivity index (χ0) is 24.4. The van der Waals surface area contributed by atoms with Crippen LogP contribution in [0.2, 0.25) is 0 Å². The van der Waals surface area contributed by atoms with Crippen LogP contribution in [0.25, 0.3) is 27.9 Å². The molecule has 1 aliphatic rings. The largest absolute Gasteiger partial charge is 0.497 e. The van der Waals surface area contributed by atoms with Crippen molar-refractivity contribution >= 4 is 33.9 Å². The number of ether oxygens (including phenoxy) is 3. The van der Waals surface area contributed by atoms with Gasteiger partial charge in [-0.3, -0.25) is 9.36 Å². The Balaban J connectivity index is 1.59. The van der Waals surface area contributed by atoms with Crippen LogP contribution < -0.4 is 25.4 Å². The molecule has 0 saturated carbocycles. The van der Waals surface area contributed by atoms with E-state index in [9.17, 15) is 4.79 Å². The van der Waals surface area contributed by atoms with Gasteiger partial charge in [0.15, 0.2) is 5.65 Å². The summed E-state index contributed by atoms with van der Waals surface area (Å²) in [7, 11) is 3.16. The van der Waals surface area contributed by atoms with Gasteiger partial charge in [0.05, 0.1) is 57.2 Å². The topological polar surface area (TPSA) is 118 Å². The molecule has 2 aromatic carbocycles. The molecular weight excluding hydrogens is 448 g/mol. The number of nitrogen functional groups attached to an aromatic ring is 1. The van der Waals surface area contributed by atoms with Gasteiger partial charge in [-0.1, -0.05) is 12.1 Å². The molecule has 0 atom stereocenters. The molecule has 1 amide bonds. The SMILES string of the molecule is COc1ccc(-n2c(N)c(C(=O)NCC[NH+]3CCOCC3)c3nc4ccccc4nc32)c(OC)c1. The van der Waals surface area contributed by atoms with E-state index in [1.165, 1.54) is 4.90 Å². The first-order chi connectivity index (χ1) is 17.1. The average molecular weight is 478 g/mol. The van der Waals surface area contributed by atoms with Crippen LogP contribution in [-0.4, -0.2) is 74.1 Å². The third kappa shape index (κ3) is 4.33. The van der Waals surface area contributed by atoms with Crippen molar-refractivity contribution in [2.45, 2.75) is 0 Å². The number of amides is 1. The number of para-hydroxylation sites is 2. The highest BCUT2D eigenvalue weighted by Crippen LogP contribution is 2.36. The van der Waals surface area contributed by atoms with E-state index in [0.717, 1.165) is 32.8 Å². The zero-order valence-electron chi connectivity index (χ0n) is 19.8. The van der Waals surface area contributed by atoms with Crippen LogP contribution in [0.4, 0.5) is 5.82 Å². The van der Waals surface area contributed by atoms with E-state index in [1.807, 2.05) is 36.4 Å². The highest BCUT2D eigenvalue weighted by Gasteiger charge is 2.26. The van der Waals surface area contributed by atoms with Crippen molar-refractivity contribution in [2.75, 3.05) is 59.3 Å². The van der Waals surface area contributed by atoms with E-state index in [1.54, 1.807) is 24.9 Å². The summed E-state index contributed by atoms with van der Waals surface area (Å²) in [6.07, 6.45) is 0. The van der Waals surface area contributed by atoms with Crippen LogP contribution in [-0.2, 0) is 4.74 Å². The van der Waals surface area contributed by atoms with Crippen LogP contribution in [0.1, 0.15) is 10.4 Å². The van der Waals surface area contributed by atoms with Gasteiger partial charge in [0.25, 0.3) is 5.91 Å². The summed E-state index contributed by atoms with van der Waals surface area (Å²) < 4.78 is 18.1. The van der Waals surface area contributed by atoms with Crippen molar-refractivity contribution in [3.05, 3.63) is 48.0 Å². The minimum Gasteiger partial charge on any atom is -0.497 e. The minimum absolute atomic E-state index is 0.245. The van der Waals surface area contributed by atoms with E-state index in [4.69, 9.17) is 29.9 Å². The third-order valence-corrected chi connectivity index (χ3v) is 6.32. The maximum absolute atomic E-state index is 13.4. The van der Waals surface area contributed by atoms with Crippen molar-refractivity contribution in [3.8, 4) is 17.2 Å². The lowest BCUT2D eigenvalue weighted by atomic mass is 10.2. The Bertz CT molecular complexity index is 1380. The molecule has 10 nitrogen and oxygen atoms in total. The van der Waals surface area contributed by atoms with Crippen molar-refractivity contribution in [1.29, 1.82) is 0 Å². The number of benzene rings is 2. The Hall–Kier alpha value is -3.89. The molecule has 182 valence electrons. The fourth-order valence-corrected chi connectivity index (χ4v) is 4.45. The number of nitrogens with one attached hydrogen (secondary N) is 2. The molecule has 1 saturated heterocycles. The molecule has 3 heterocycles. The number of aromatic nitrogens is 3. The van der Waals surface area contributed by atoms with E-state index in [-0.39, 0.29) is 11.7 Å². The molecule has 2 aromatic heterocycles. The number of methoxy groups -OCH3 is 2. The fraction of sp³-hybridized carbons (Fsp3) is 0.320. The predicted octanol–water partition coefficient (Wildman–Crippen LogP) is 0.818. The molecule has 1 fully saturated rings. The Morgan fingerprint density at radius 3 is 2.57 bits per heavy atom. The Morgan fingerprint density at radius 2 is 1.86 bits per heavy atom. The molecular formula is C25H29N6O4+. The number of hydrogen-bond donors (Lipinski definition) is 3. The molecule has 35 heavy (non-hydrogen) atoms. The average Bonchev–Trinajstić information content (AvgIpc) is 3.17. The highest BCUT2D eigenvalue weighted by molar-refractivity contribution is 6.11. The standard InChI is InChI=1S/C25H28N6O4/c1-33-16-7-8-19(20(15-16)34-2)31-23(26)21(25(32)27-9-10-30-11-13-35-14-12-30)22-24(31)29-18-6-4-3-5-17(18)28-22/h3-8,15H,9-14,26H2,1-2H3,(H,27,32)/p+1. The van der Waals surface area contributed by atoms with Gasteiger partial charge in [0.1, 0.15) is 41.5 Å². The Labute approximate surface area is 202 Å². The van der Waals surface area contributed by atoms with Gasteiger partial charge in [-0.05, 0) is 24.3 Å². The van der Waals surface area contributed by atoms with Gasteiger partial charge in [-0.25, -0.2) is 9.97 Å². The van der Waals surface area contributed by atoms with Crippen molar-refractivity contribution in [3.63, 3.8) is 0 Å². The smallest absolute Gasteiger partial charge is 0.257 e. The van der Waals surface area contributed by atoms with E-state index in [2.05, 4.69) is 5.32 Å². The fourth-order valence-electron chi connectivity index (χ4n) is 4.45. The van der Waals surface area contributed by atoms with Gasteiger partial charge in [-0.15, -0.1) is 0 Å². The van der Waals surface area contributed by atoms with Gasteiger partial charge in [-0.2, -0.15) is 0 Å². The lowest BCUT2D eigenvalue weighted by molar-refractivity contribution is -0.906. The molecule has 0 radical (unpaired) electrons. The van der Waals surface area contributed by atoms with E-state index >= 15 is 0 Å². The first kappa shape index (κ1) is 22.9. The quantitative estimate of drug-likeness (QED) is 0.361. The molecule has 5 rings (SSSR count). The summed E-state index contributed by atoms with van der Waals surface area (Å²) >= 11 is 0. The number of fused-ring (bicyclic) bond motifs is 2. The molecule has 1 aliphatic heterocycles. The maximum Gasteiger partial charge on any atom is 0.257 e. The summed E-state index contributed by atoms with van der Waals surface area (Å²) in [6.45, 7) is 4.70. The number of nitrogens with zero attached hydrogens (tertiary/aromatic N) is 3. The summed E-state index contributed by atoms with van der Waals surface area (Å²) in [4.78, 5) is 24.4. The second-order valence-corrected chi connectivity index (χ2v) is 8.39. The molecule has 4 aromatic rings. The molecule has 0 bridgehead atoms.